The lowest BCUT2D eigenvalue weighted by atomic mass is 10.0. The number of rotatable bonds is 2. The molecule has 0 heterocycles. The highest BCUT2D eigenvalue weighted by molar-refractivity contribution is 5.23. The van der Waals surface area contributed by atoms with E-state index in [-0.39, 0.29) is 11.5 Å². The Morgan fingerprint density at radius 3 is 2.64 bits per heavy atom. The van der Waals surface area contributed by atoms with Gasteiger partial charge in [0.1, 0.15) is 0 Å². The van der Waals surface area contributed by atoms with E-state index in [0.29, 0.717) is 5.92 Å². The molecule has 0 aliphatic heterocycles. The van der Waals surface area contributed by atoms with Gasteiger partial charge in [-0.3, -0.25) is 0 Å². The first kappa shape index (κ1) is 9.59. The number of aliphatic hydroxyl groups excluding tert-OH is 1. The first-order chi connectivity index (χ1) is 6.61. The minimum Gasteiger partial charge on any atom is -0.388 e. The molecule has 1 aromatic carbocycles. The van der Waals surface area contributed by atoms with Crippen LogP contribution in [0.15, 0.2) is 18.2 Å². The fraction of sp³-hybridized carbons (Fsp3) is 0.455. The van der Waals surface area contributed by atoms with Gasteiger partial charge < -0.3 is 5.11 Å². The molecule has 76 valence electrons. The zero-order valence-corrected chi connectivity index (χ0v) is 7.87. The van der Waals surface area contributed by atoms with E-state index >= 15 is 0 Å². The minimum absolute atomic E-state index is 0.0827. The smallest absolute Gasteiger partial charge is 0.164 e. The second-order valence-corrected chi connectivity index (χ2v) is 3.96. The van der Waals surface area contributed by atoms with Gasteiger partial charge in [-0.05, 0) is 24.3 Å². The van der Waals surface area contributed by atoms with Gasteiger partial charge in [-0.15, -0.1) is 0 Å². The average Bonchev–Trinajstić information content (AvgIpc) is 2.87. The number of halogens is 2. The molecule has 1 saturated carbocycles. The van der Waals surface area contributed by atoms with Crippen molar-refractivity contribution in [3.63, 3.8) is 0 Å². The van der Waals surface area contributed by atoms with E-state index < -0.39 is 17.7 Å². The van der Waals surface area contributed by atoms with Crippen LogP contribution in [-0.4, -0.2) is 5.11 Å². The monoisotopic (exact) mass is 198 g/mol. The number of hydrogen-bond acceptors (Lipinski definition) is 1. The molecule has 3 heteroatoms. The highest BCUT2D eigenvalue weighted by Crippen LogP contribution is 2.47. The van der Waals surface area contributed by atoms with Crippen LogP contribution >= 0.6 is 0 Å². The molecule has 1 aliphatic rings. The lowest BCUT2D eigenvalue weighted by molar-refractivity contribution is 0.142. The molecule has 0 bridgehead atoms. The Kier molecular flexibility index (Phi) is 2.27. The molecule has 0 aromatic heterocycles. The molecular formula is C11H12F2O. The summed E-state index contributed by atoms with van der Waals surface area (Å²) in [5, 5.41) is 9.73. The fourth-order valence-corrected chi connectivity index (χ4v) is 1.77. The third-order valence-electron chi connectivity index (χ3n) is 2.88. The van der Waals surface area contributed by atoms with Crippen LogP contribution in [0.4, 0.5) is 8.78 Å². The van der Waals surface area contributed by atoms with Gasteiger partial charge in [-0.25, -0.2) is 8.78 Å². The van der Waals surface area contributed by atoms with Crippen molar-refractivity contribution in [3.05, 3.63) is 35.4 Å². The predicted octanol–water partition coefficient (Wildman–Crippen LogP) is 2.65. The Bertz CT molecular complexity index is 351. The summed E-state index contributed by atoms with van der Waals surface area (Å²) in [6.07, 6.45) is 0.0256. The second kappa shape index (κ2) is 3.31. The van der Waals surface area contributed by atoms with Crippen LogP contribution in [0.5, 0.6) is 0 Å². The Labute approximate surface area is 81.4 Å². The lowest BCUT2D eigenvalue weighted by Crippen LogP contribution is -2.05. The molecule has 1 N–H and O–H groups in total. The van der Waals surface area contributed by atoms with Crippen molar-refractivity contribution < 1.29 is 13.9 Å². The maximum atomic E-state index is 13.2. The molecule has 3 atom stereocenters. The highest BCUT2D eigenvalue weighted by atomic mass is 19.2. The summed E-state index contributed by atoms with van der Waals surface area (Å²) in [4.78, 5) is 0. The van der Waals surface area contributed by atoms with E-state index in [2.05, 4.69) is 0 Å². The molecule has 2 rings (SSSR count). The lowest BCUT2D eigenvalue weighted by Gasteiger charge is -2.11. The van der Waals surface area contributed by atoms with Gasteiger partial charge in [0.05, 0.1) is 6.10 Å². The van der Waals surface area contributed by atoms with Crippen molar-refractivity contribution in [3.8, 4) is 0 Å². The van der Waals surface area contributed by atoms with Crippen LogP contribution < -0.4 is 0 Å². The van der Waals surface area contributed by atoms with Crippen molar-refractivity contribution in [2.75, 3.05) is 0 Å². The van der Waals surface area contributed by atoms with Gasteiger partial charge in [0.15, 0.2) is 11.6 Å². The van der Waals surface area contributed by atoms with Gasteiger partial charge in [0.25, 0.3) is 0 Å². The van der Waals surface area contributed by atoms with Crippen molar-refractivity contribution in [1.82, 2.24) is 0 Å². The summed E-state index contributed by atoms with van der Waals surface area (Å²) in [6, 6.07) is 3.92. The largest absolute Gasteiger partial charge is 0.388 e. The topological polar surface area (TPSA) is 20.2 Å². The molecule has 14 heavy (non-hydrogen) atoms. The first-order valence-electron chi connectivity index (χ1n) is 4.73. The Hall–Kier alpha value is -0.960. The zero-order chi connectivity index (χ0) is 10.3. The second-order valence-electron chi connectivity index (χ2n) is 3.96. The summed E-state index contributed by atoms with van der Waals surface area (Å²) in [5.41, 5.74) is 0.0827. The van der Waals surface area contributed by atoms with Crippen LogP contribution in [0.25, 0.3) is 0 Å². The molecule has 1 nitrogen and oxygen atoms in total. The summed E-state index contributed by atoms with van der Waals surface area (Å²) < 4.78 is 26.1. The summed E-state index contributed by atoms with van der Waals surface area (Å²) >= 11 is 0. The van der Waals surface area contributed by atoms with E-state index in [0.717, 1.165) is 12.5 Å². The molecule has 0 amide bonds. The van der Waals surface area contributed by atoms with Gasteiger partial charge in [-0.1, -0.05) is 19.1 Å². The van der Waals surface area contributed by atoms with Crippen LogP contribution in [0.2, 0.25) is 0 Å². The first-order valence-corrected chi connectivity index (χ1v) is 4.73. The van der Waals surface area contributed by atoms with Crippen LogP contribution in [0.3, 0.4) is 0 Å². The maximum Gasteiger partial charge on any atom is 0.164 e. The Morgan fingerprint density at radius 1 is 1.43 bits per heavy atom. The van der Waals surface area contributed by atoms with E-state index in [4.69, 9.17) is 0 Å². The van der Waals surface area contributed by atoms with Crippen LogP contribution in [0.1, 0.15) is 25.0 Å². The predicted molar refractivity (Wildman–Crippen MR) is 48.6 cm³/mol. The van der Waals surface area contributed by atoms with Crippen LogP contribution in [0, 0.1) is 23.5 Å². The van der Waals surface area contributed by atoms with Crippen molar-refractivity contribution in [1.29, 1.82) is 0 Å². The van der Waals surface area contributed by atoms with E-state index in [1.807, 2.05) is 6.92 Å². The van der Waals surface area contributed by atoms with Gasteiger partial charge in [-0.2, -0.15) is 0 Å². The third kappa shape index (κ3) is 1.52. The summed E-state index contributed by atoms with van der Waals surface area (Å²) in [6.45, 7) is 1.99. The van der Waals surface area contributed by atoms with E-state index in [1.54, 1.807) is 0 Å². The normalized spacial score (nSPS) is 27.4. The van der Waals surface area contributed by atoms with Gasteiger partial charge in [0, 0.05) is 5.56 Å². The summed E-state index contributed by atoms with van der Waals surface area (Å²) in [5.74, 6) is -1.31. The zero-order valence-electron chi connectivity index (χ0n) is 7.87. The molecule has 3 unspecified atom stereocenters. The molecular weight excluding hydrogens is 186 g/mol. The molecule has 0 spiro atoms. The van der Waals surface area contributed by atoms with Crippen molar-refractivity contribution in [2.45, 2.75) is 19.4 Å². The van der Waals surface area contributed by atoms with Crippen molar-refractivity contribution >= 4 is 0 Å². The number of aliphatic hydroxyl groups is 1. The standard InChI is InChI=1S/C11H12F2O/c1-6-5-8(6)11(14)7-3-2-4-9(12)10(7)13/h2-4,6,8,11,14H,5H2,1H3. The van der Waals surface area contributed by atoms with Gasteiger partial charge in [0.2, 0.25) is 0 Å². The van der Waals surface area contributed by atoms with Crippen LogP contribution in [-0.2, 0) is 0 Å². The maximum absolute atomic E-state index is 13.2. The minimum atomic E-state index is -0.917. The summed E-state index contributed by atoms with van der Waals surface area (Å²) in [7, 11) is 0. The SMILES string of the molecule is CC1CC1C(O)c1cccc(F)c1F. The molecule has 0 radical (unpaired) electrons. The van der Waals surface area contributed by atoms with Gasteiger partial charge >= 0.3 is 0 Å². The molecule has 1 aromatic rings. The fourth-order valence-electron chi connectivity index (χ4n) is 1.77. The Balaban J connectivity index is 2.27. The van der Waals surface area contributed by atoms with E-state index in [9.17, 15) is 13.9 Å². The Morgan fingerprint density at radius 2 is 2.07 bits per heavy atom. The molecule has 1 fully saturated rings. The quantitative estimate of drug-likeness (QED) is 0.774. The highest BCUT2D eigenvalue weighted by Gasteiger charge is 2.40. The number of benzene rings is 1. The third-order valence-corrected chi connectivity index (χ3v) is 2.88. The molecule has 1 aliphatic carbocycles. The number of hydrogen-bond donors (Lipinski definition) is 1. The molecule has 0 saturated heterocycles. The van der Waals surface area contributed by atoms with E-state index in [1.165, 1.54) is 12.1 Å². The van der Waals surface area contributed by atoms with Crippen molar-refractivity contribution in [2.24, 2.45) is 11.8 Å². The average molecular weight is 198 g/mol.